The summed E-state index contributed by atoms with van der Waals surface area (Å²) in [6.07, 6.45) is 6.65. The molecule has 1 aromatic rings. The van der Waals surface area contributed by atoms with Gasteiger partial charge in [0.15, 0.2) is 0 Å². The molecule has 0 aliphatic carbocycles. The molecular weight excluding hydrogens is 168 g/mol. The SMILES string of the molecule is CSC[C@H](N)Cc1cccnc1. The van der Waals surface area contributed by atoms with Crippen LogP contribution in [0.5, 0.6) is 0 Å². The normalized spacial score (nSPS) is 12.8. The van der Waals surface area contributed by atoms with Gasteiger partial charge in [-0.1, -0.05) is 6.07 Å². The lowest BCUT2D eigenvalue weighted by Gasteiger charge is -2.08. The van der Waals surface area contributed by atoms with Crippen molar-refractivity contribution < 1.29 is 0 Å². The summed E-state index contributed by atoms with van der Waals surface area (Å²) in [6.45, 7) is 0. The van der Waals surface area contributed by atoms with Gasteiger partial charge in [-0.25, -0.2) is 0 Å². The number of hydrogen-bond donors (Lipinski definition) is 1. The second-order valence-electron chi connectivity index (χ2n) is 2.78. The summed E-state index contributed by atoms with van der Waals surface area (Å²) in [5, 5.41) is 0. The topological polar surface area (TPSA) is 38.9 Å². The fourth-order valence-corrected chi connectivity index (χ4v) is 1.64. The highest BCUT2D eigenvalue weighted by Crippen LogP contribution is 2.03. The van der Waals surface area contributed by atoms with Crippen LogP contribution in [0.3, 0.4) is 0 Å². The van der Waals surface area contributed by atoms with E-state index in [-0.39, 0.29) is 6.04 Å². The van der Waals surface area contributed by atoms with Crippen molar-refractivity contribution in [3.63, 3.8) is 0 Å². The van der Waals surface area contributed by atoms with Gasteiger partial charge in [0.1, 0.15) is 0 Å². The molecule has 0 saturated carbocycles. The number of aromatic nitrogens is 1. The van der Waals surface area contributed by atoms with Crippen molar-refractivity contribution in [3.05, 3.63) is 30.1 Å². The zero-order chi connectivity index (χ0) is 8.81. The molecule has 1 aromatic heterocycles. The number of nitrogens with zero attached hydrogens (tertiary/aromatic N) is 1. The maximum Gasteiger partial charge on any atom is 0.0300 e. The molecular formula is C9H14N2S. The van der Waals surface area contributed by atoms with Crippen molar-refractivity contribution in [2.45, 2.75) is 12.5 Å². The largest absolute Gasteiger partial charge is 0.327 e. The monoisotopic (exact) mass is 182 g/mol. The van der Waals surface area contributed by atoms with Crippen molar-refractivity contribution in [2.24, 2.45) is 5.73 Å². The summed E-state index contributed by atoms with van der Waals surface area (Å²) < 4.78 is 0. The number of nitrogens with two attached hydrogens (primary N) is 1. The molecule has 0 bridgehead atoms. The third-order valence-electron chi connectivity index (χ3n) is 1.60. The van der Waals surface area contributed by atoms with E-state index in [1.54, 1.807) is 18.0 Å². The first-order valence-electron chi connectivity index (χ1n) is 3.96. The van der Waals surface area contributed by atoms with Crippen LogP contribution in [0.15, 0.2) is 24.5 Å². The summed E-state index contributed by atoms with van der Waals surface area (Å²) in [5.41, 5.74) is 7.09. The van der Waals surface area contributed by atoms with Crippen LogP contribution in [0.2, 0.25) is 0 Å². The fourth-order valence-electron chi connectivity index (χ4n) is 1.09. The van der Waals surface area contributed by atoms with E-state index in [2.05, 4.69) is 17.3 Å². The van der Waals surface area contributed by atoms with E-state index < -0.39 is 0 Å². The summed E-state index contributed by atoms with van der Waals surface area (Å²) in [7, 11) is 0. The van der Waals surface area contributed by atoms with Gasteiger partial charge in [0, 0.05) is 24.2 Å². The third kappa shape index (κ3) is 3.24. The molecule has 66 valence electrons. The average Bonchev–Trinajstić information content (AvgIpc) is 2.06. The van der Waals surface area contributed by atoms with Gasteiger partial charge in [-0.3, -0.25) is 4.98 Å². The summed E-state index contributed by atoms with van der Waals surface area (Å²) in [5.74, 6) is 1.01. The van der Waals surface area contributed by atoms with Gasteiger partial charge in [0.25, 0.3) is 0 Å². The summed E-state index contributed by atoms with van der Waals surface area (Å²) in [6, 6.07) is 4.26. The predicted octanol–water partition coefficient (Wildman–Crippen LogP) is 1.31. The predicted molar refractivity (Wildman–Crippen MR) is 54.3 cm³/mol. The van der Waals surface area contributed by atoms with Crippen molar-refractivity contribution in [1.29, 1.82) is 0 Å². The molecule has 3 heteroatoms. The van der Waals surface area contributed by atoms with E-state index in [0.29, 0.717) is 0 Å². The van der Waals surface area contributed by atoms with E-state index in [4.69, 9.17) is 5.73 Å². The van der Waals surface area contributed by atoms with Gasteiger partial charge >= 0.3 is 0 Å². The second-order valence-corrected chi connectivity index (χ2v) is 3.69. The highest BCUT2D eigenvalue weighted by molar-refractivity contribution is 7.98. The molecule has 1 rings (SSSR count). The highest BCUT2D eigenvalue weighted by atomic mass is 32.2. The molecule has 1 heterocycles. The maximum atomic E-state index is 5.87. The maximum absolute atomic E-state index is 5.87. The summed E-state index contributed by atoms with van der Waals surface area (Å²) >= 11 is 1.78. The molecule has 0 radical (unpaired) electrons. The van der Waals surface area contributed by atoms with Gasteiger partial charge in [-0.15, -0.1) is 0 Å². The third-order valence-corrected chi connectivity index (χ3v) is 2.36. The first kappa shape index (κ1) is 9.55. The molecule has 2 nitrogen and oxygen atoms in total. The summed E-state index contributed by atoms with van der Waals surface area (Å²) in [4.78, 5) is 4.04. The zero-order valence-electron chi connectivity index (χ0n) is 7.23. The molecule has 0 unspecified atom stereocenters. The van der Waals surface area contributed by atoms with Gasteiger partial charge < -0.3 is 5.73 Å². The first-order valence-corrected chi connectivity index (χ1v) is 5.35. The Bertz CT molecular complexity index is 213. The molecule has 0 fully saturated rings. The van der Waals surface area contributed by atoms with E-state index in [0.717, 1.165) is 12.2 Å². The quantitative estimate of drug-likeness (QED) is 0.763. The standard InChI is InChI=1S/C9H14N2S/c1-12-7-9(10)5-8-3-2-4-11-6-8/h2-4,6,9H,5,7,10H2,1H3/t9-/m1/s1. The Morgan fingerprint density at radius 2 is 2.50 bits per heavy atom. The first-order chi connectivity index (χ1) is 5.83. The van der Waals surface area contributed by atoms with Crippen LogP contribution in [0, 0.1) is 0 Å². The van der Waals surface area contributed by atoms with Gasteiger partial charge in [0.05, 0.1) is 0 Å². The lowest BCUT2D eigenvalue weighted by molar-refractivity contribution is 0.747. The lowest BCUT2D eigenvalue weighted by Crippen LogP contribution is -2.25. The molecule has 0 aliphatic heterocycles. The number of hydrogen-bond acceptors (Lipinski definition) is 3. The number of rotatable bonds is 4. The van der Waals surface area contributed by atoms with E-state index in [9.17, 15) is 0 Å². The van der Waals surface area contributed by atoms with Crippen LogP contribution < -0.4 is 5.73 Å². The molecule has 0 aromatic carbocycles. The smallest absolute Gasteiger partial charge is 0.0300 e. The minimum absolute atomic E-state index is 0.254. The van der Waals surface area contributed by atoms with Gasteiger partial charge in [0.2, 0.25) is 0 Å². The van der Waals surface area contributed by atoms with Crippen LogP contribution in [0.25, 0.3) is 0 Å². The minimum atomic E-state index is 0.254. The number of pyridine rings is 1. The molecule has 0 spiro atoms. The average molecular weight is 182 g/mol. The van der Waals surface area contributed by atoms with Crippen LogP contribution in [0.4, 0.5) is 0 Å². The van der Waals surface area contributed by atoms with Crippen LogP contribution in [0.1, 0.15) is 5.56 Å². The van der Waals surface area contributed by atoms with Crippen LogP contribution in [-0.4, -0.2) is 23.0 Å². The lowest BCUT2D eigenvalue weighted by atomic mass is 10.1. The van der Waals surface area contributed by atoms with E-state index in [1.807, 2.05) is 12.3 Å². The van der Waals surface area contributed by atoms with Crippen molar-refractivity contribution in [3.8, 4) is 0 Å². The van der Waals surface area contributed by atoms with Crippen molar-refractivity contribution in [1.82, 2.24) is 4.98 Å². The van der Waals surface area contributed by atoms with Crippen molar-refractivity contribution in [2.75, 3.05) is 12.0 Å². The fraction of sp³-hybridized carbons (Fsp3) is 0.444. The molecule has 0 amide bonds. The molecule has 0 aliphatic rings. The van der Waals surface area contributed by atoms with E-state index in [1.165, 1.54) is 5.56 Å². The Labute approximate surface area is 77.6 Å². The van der Waals surface area contributed by atoms with Gasteiger partial charge in [-0.2, -0.15) is 11.8 Å². The molecule has 0 saturated heterocycles. The highest BCUT2D eigenvalue weighted by Gasteiger charge is 2.01. The van der Waals surface area contributed by atoms with Crippen LogP contribution >= 0.6 is 11.8 Å². The van der Waals surface area contributed by atoms with E-state index >= 15 is 0 Å². The molecule has 2 N–H and O–H groups in total. The Kier molecular flexibility index (Phi) is 4.11. The Balaban J connectivity index is 2.41. The molecule has 12 heavy (non-hydrogen) atoms. The molecule has 1 atom stereocenters. The Morgan fingerprint density at radius 3 is 3.08 bits per heavy atom. The Morgan fingerprint density at radius 1 is 1.67 bits per heavy atom. The zero-order valence-corrected chi connectivity index (χ0v) is 8.05. The van der Waals surface area contributed by atoms with Gasteiger partial charge in [-0.05, 0) is 24.3 Å². The van der Waals surface area contributed by atoms with Crippen molar-refractivity contribution >= 4 is 11.8 Å². The second kappa shape index (κ2) is 5.17. The Hall–Kier alpha value is -0.540. The minimum Gasteiger partial charge on any atom is -0.327 e. The van der Waals surface area contributed by atoms with Crippen LogP contribution in [-0.2, 0) is 6.42 Å². The number of thioether (sulfide) groups is 1.